The lowest BCUT2D eigenvalue weighted by Gasteiger charge is -2.13. The molecule has 0 saturated heterocycles. The van der Waals surface area contributed by atoms with Crippen LogP contribution in [0.4, 0.5) is 5.69 Å². The first kappa shape index (κ1) is 16.7. The molecule has 0 spiro atoms. The largest absolute Gasteiger partial charge is 0.494 e. The maximum absolute atomic E-state index is 12.7. The number of nitrogens with one attached hydrogen (secondary N) is 1. The second kappa shape index (κ2) is 6.73. The summed E-state index contributed by atoms with van der Waals surface area (Å²) >= 11 is 5.52. The van der Waals surface area contributed by atoms with E-state index in [1.165, 1.54) is 5.56 Å². The number of ketones is 1. The van der Waals surface area contributed by atoms with E-state index in [-0.39, 0.29) is 11.7 Å². The minimum Gasteiger partial charge on any atom is -0.494 e. The highest BCUT2D eigenvalue weighted by Crippen LogP contribution is 2.31. The van der Waals surface area contributed by atoms with E-state index in [1.807, 2.05) is 44.2 Å². The van der Waals surface area contributed by atoms with Crippen molar-refractivity contribution in [1.29, 1.82) is 0 Å². The monoisotopic (exact) mass is 339 g/mol. The number of hydrogen-bond donors (Lipinski definition) is 1. The van der Waals surface area contributed by atoms with Gasteiger partial charge in [-0.2, -0.15) is 0 Å². The van der Waals surface area contributed by atoms with Crippen molar-refractivity contribution in [3.8, 4) is 5.75 Å². The van der Waals surface area contributed by atoms with Crippen LogP contribution in [0.15, 0.2) is 36.4 Å². The number of fused-ring (bicyclic) bond motifs is 1. The number of anilines is 1. The predicted molar refractivity (Wildman–Crippen MR) is 101 cm³/mol. The molecule has 0 saturated carbocycles. The second-order valence-corrected chi connectivity index (χ2v) is 6.60. The number of hydrogen-bond acceptors (Lipinski definition) is 3. The Balaban J connectivity index is 1.77. The number of rotatable bonds is 4. The van der Waals surface area contributed by atoms with Gasteiger partial charge in [0, 0.05) is 17.3 Å². The van der Waals surface area contributed by atoms with Gasteiger partial charge in [-0.05, 0) is 62.1 Å². The zero-order chi connectivity index (χ0) is 17.3. The van der Waals surface area contributed by atoms with Crippen molar-refractivity contribution in [3.05, 3.63) is 58.7 Å². The highest BCUT2D eigenvalue weighted by atomic mass is 32.1. The third kappa shape index (κ3) is 3.20. The molecule has 124 valence electrons. The molecule has 1 unspecified atom stereocenters. The smallest absolute Gasteiger partial charge is 0.173 e. The summed E-state index contributed by atoms with van der Waals surface area (Å²) in [6.45, 7) is 6.67. The topological polar surface area (TPSA) is 38.3 Å². The van der Waals surface area contributed by atoms with E-state index in [2.05, 4.69) is 18.3 Å². The lowest BCUT2D eigenvalue weighted by molar-refractivity contribution is 0.0969. The quantitative estimate of drug-likeness (QED) is 0.833. The molecule has 0 heterocycles. The zero-order valence-corrected chi connectivity index (χ0v) is 15.0. The minimum atomic E-state index is -0.285. The fraction of sp³-hybridized carbons (Fsp3) is 0.300. The van der Waals surface area contributed by atoms with Crippen LogP contribution in [0.2, 0.25) is 0 Å². The lowest BCUT2D eigenvalue weighted by Crippen LogP contribution is -2.25. The van der Waals surface area contributed by atoms with Crippen LogP contribution in [0.5, 0.6) is 5.75 Å². The maximum atomic E-state index is 12.7. The Morgan fingerprint density at radius 2 is 2.00 bits per heavy atom. The van der Waals surface area contributed by atoms with Crippen LogP contribution in [0.3, 0.4) is 0 Å². The molecule has 0 fully saturated rings. The van der Waals surface area contributed by atoms with Gasteiger partial charge >= 0.3 is 0 Å². The summed E-state index contributed by atoms with van der Waals surface area (Å²) in [6.07, 6.45) is 0.673. The molecular formula is C20H21NO2S. The molecule has 1 aliphatic rings. The van der Waals surface area contributed by atoms with Gasteiger partial charge in [0.1, 0.15) is 5.75 Å². The molecule has 3 rings (SSSR count). The van der Waals surface area contributed by atoms with Gasteiger partial charge in [0.25, 0.3) is 0 Å². The van der Waals surface area contributed by atoms with Crippen molar-refractivity contribution >= 4 is 28.7 Å². The fourth-order valence-electron chi connectivity index (χ4n) is 3.05. The molecule has 1 atom stereocenters. The number of ether oxygens (including phenoxy) is 1. The second-order valence-electron chi connectivity index (χ2n) is 6.16. The SMILES string of the molecule is CCOc1cccc(NC(=S)C2Cc3cc(C)c(C)cc3C2=O)c1. The van der Waals surface area contributed by atoms with Gasteiger partial charge in [0.15, 0.2) is 5.78 Å². The summed E-state index contributed by atoms with van der Waals surface area (Å²) < 4.78 is 5.50. The van der Waals surface area contributed by atoms with Crippen LogP contribution in [0.25, 0.3) is 0 Å². The highest BCUT2D eigenvalue weighted by Gasteiger charge is 2.33. The first-order chi connectivity index (χ1) is 11.5. The van der Waals surface area contributed by atoms with Gasteiger partial charge in [-0.25, -0.2) is 0 Å². The number of carbonyl (C=O) groups is 1. The molecule has 2 aromatic rings. The van der Waals surface area contributed by atoms with Gasteiger partial charge in [-0.1, -0.05) is 24.4 Å². The Morgan fingerprint density at radius 1 is 1.25 bits per heavy atom. The molecule has 4 heteroatoms. The van der Waals surface area contributed by atoms with Crippen molar-refractivity contribution in [2.45, 2.75) is 27.2 Å². The van der Waals surface area contributed by atoms with E-state index in [1.54, 1.807) is 0 Å². The van der Waals surface area contributed by atoms with Crippen molar-refractivity contribution in [2.24, 2.45) is 5.92 Å². The van der Waals surface area contributed by atoms with Crippen LogP contribution in [0, 0.1) is 19.8 Å². The molecule has 24 heavy (non-hydrogen) atoms. The van der Waals surface area contributed by atoms with Crippen LogP contribution in [-0.4, -0.2) is 17.4 Å². The first-order valence-corrected chi connectivity index (χ1v) is 8.58. The summed E-state index contributed by atoms with van der Waals surface area (Å²) in [6, 6.07) is 11.7. The van der Waals surface area contributed by atoms with E-state index in [0.29, 0.717) is 18.0 Å². The highest BCUT2D eigenvalue weighted by molar-refractivity contribution is 7.80. The third-order valence-corrected chi connectivity index (χ3v) is 4.84. The molecule has 0 radical (unpaired) electrons. The molecular weight excluding hydrogens is 318 g/mol. The Kier molecular flexibility index (Phi) is 4.67. The number of benzene rings is 2. The summed E-state index contributed by atoms with van der Waals surface area (Å²) in [5.74, 6) is 0.621. The average molecular weight is 339 g/mol. The Bertz CT molecular complexity index is 813. The molecule has 1 aliphatic carbocycles. The van der Waals surface area contributed by atoms with Crippen molar-refractivity contribution in [2.75, 3.05) is 11.9 Å². The van der Waals surface area contributed by atoms with Gasteiger partial charge in [-0.3, -0.25) is 4.79 Å². The number of carbonyl (C=O) groups excluding carboxylic acids is 1. The van der Waals surface area contributed by atoms with Gasteiger partial charge in [0.05, 0.1) is 17.5 Å². The summed E-state index contributed by atoms with van der Waals surface area (Å²) in [7, 11) is 0. The van der Waals surface area contributed by atoms with Gasteiger partial charge in [-0.15, -0.1) is 0 Å². The minimum absolute atomic E-state index is 0.117. The predicted octanol–water partition coefficient (Wildman–Crippen LogP) is 4.50. The molecule has 0 amide bonds. The summed E-state index contributed by atoms with van der Waals surface area (Å²) in [4.78, 5) is 13.3. The maximum Gasteiger partial charge on any atom is 0.173 e. The summed E-state index contributed by atoms with van der Waals surface area (Å²) in [5, 5.41) is 3.21. The number of aryl methyl sites for hydroxylation is 2. The lowest BCUT2D eigenvalue weighted by atomic mass is 10.0. The third-order valence-electron chi connectivity index (χ3n) is 4.45. The van der Waals surface area contributed by atoms with Gasteiger partial charge < -0.3 is 10.1 Å². The molecule has 0 aliphatic heterocycles. The number of thiocarbonyl (C=S) groups is 1. The molecule has 3 nitrogen and oxygen atoms in total. The van der Waals surface area contributed by atoms with E-state index < -0.39 is 0 Å². The Morgan fingerprint density at radius 3 is 2.75 bits per heavy atom. The van der Waals surface area contributed by atoms with Crippen molar-refractivity contribution in [3.63, 3.8) is 0 Å². The normalized spacial score (nSPS) is 16.0. The summed E-state index contributed by atoms with van der Waals surface area (Å²) in [5.41, 5.74) is 5.12. The first-order valence-electron chi connectivity index (χ1n) is 8.17. The fourth-order valence-corrected chi connectivity index (χ4v) is 3.35. The standard InChI is InChI=1S/C20H21NO2S/c1-4-23-16-7-5-6-15(11-16)21-20(24)18-10-14-8-12(2)13(3)9-17(14)19(18)22/h5-9,11,18H,4,10H2,1-3H3,(H,21,24). The average Bonchev–Trinajstić information content (AvgIpc) is 2.85. The van der Waals surface area contributed by atoms with Crippen LogP contribution < -0.4 is 10.1 Å². The zero-order valence-electron chi connectivity index (χ0n) is 14.2. The van der Waals surface area contributed by atoms with Crippen LogP contribution in [-0.2, 0) is 6.42 Å². The Hall–Kier alpha value is -2.20. The van der Waals surface area contributed by atoms with E-state index in [0.717, 1.165) is 28.1 Å². The van der Waals surface area contributed by atoms with Crippen LogP contribution in [0.1, 0.15) is 34.0 Å². The van der Waals surface area contributed by atoms with Gasteiger partial charge in [0.2, 0.25) is 0 Å². The molecule has 0 aromatic heterocycles. The van der Waals surface area contributed by atoms with Crippen LogP contribution >= 0.6 is 12.2 Å². The molecule has 0 bridgehead atoms. The van der Waals surface area contributed by atoms with E-state index >= 15 is 0 Å². The van der Waals surface area contributed by atoms with E-state index in [4.69, 9.17) is 17.0 Å². The Labute approximate surface area is 148 Å². The molecule has 1 N–H and O–H groups in total. The number of Topliss-reactive ketones (excluding diaryl/α,β-unsaturated/α-hetero) is 1. The van der Waals surface area contributed by atoms with Crippen molar-refractivity contribution < 1.29 is 9.53 Å². The molecule has 2 aromatic carbocycles. The van der Waals surface area contributed by atoms with Crippen molar-refractivity contribution in [1.82, 2.24) is 0 Å². The van der Waals surface area contributed by atoms with E-state index in [9.17, 15) is 4.79 Å².